The van der Waals surface area contributed by atoms with Gasteiger partial charge in [0.05, 0.1) is 11.8 Å². The van der Waals surface area contributed by atoms with Crippen LogP contribution in [0.5, 0.6) is 5.75 Å². The Labute approximate surface area is 126 Å². The minimum absolute atomic E-state index is 0.0101. The highest BCUT2D eigenvalue weighted by Gasteiger charge is 2.52. The van der Waals surface area contributed by atoms with Gasteiger partial charge in [0.15, 0.2) is 0 Å². The Hall–Kier alpha value is -1.45. The number of aromatic nitrogens is 1. The highest BCUT2D eigenvalue weighted by atomic mass is 16.6. The van der Waals surface area contributed by atoms with E-state index < -0.39 is 0 Å². The minimum Gasteiger partial charge on any atom is -0.490 e. The van der Waals surface area contributed by atoms with E-state index in [-0.39, 0.29) is 23.0 Å². The van der Waals surface area contributed by atoms with Gasteiger partial charge in [0.1, 0.15) is 19.0 Å². The Balaban J connectivity index is 2.21. The standard InChI is InChI=1S/C17H25NO3/c1-10-8-11(2)15-14-13(6-7-18(20-5)16(14)19)21-12(3)17(15,4)9-10/h6-7,10-12,15H,8-9H2,1-5H3/t10-,11+,12+,15-,17+/m1/s1. The molecule has 3 rings (SSSR count). The third kappa shape index (κ3) is 1.99. The fourth-order valence-electron chi connectivity index (χ4n) is 4.79. The van der Waals surface area contributed by atoms with E-state index in [4.69, 9.17) is 9.57 Å². The normalized spacial score (nSPS) is 38.1. The summed E-state index contributed by atoms with van der Waals surface area (Å²) in [6.07, 6.45) is 4.03. The number of nitrogens with zero attached hydrogens (tertiary/aromatic N) is 1. The number of hydrogen-bond donors (Lipinski definition) is 0. The number of hydrogen-bond acceptors (Lipinski definition) is 3. The summed E-state index contributed by atoms with van der Waals surface area (Å²) in [6, 6.07) is 1.86. The second-order valence-electron chi connectivity index (χ2n) is 7.17. The highest BCUT2D eigenvalue weighted by molar-refractivity contribution is 5.39. The van der Waals surface area contributed by atoms with Gasteiger partial charge in [0, 0.05) is 17.4 Å². The van der Waals surface area contributed by atoms with Crippen molar-refractivity contribution >= 4 is 0 Å². The van der Waals surface area contributed by atoms with Crippen LogP contribution in [0.15, 0.2) is 17.1 Å². The summed E-state index contributed by atoms with van der Waals surface area (Å²) in [5, 5.41) is 0. The summed E-state index contributed by atoms with van der Waals surface area (Å²) in [4.78, 5) is 17.9. The van der Waals surface area contributed by atoms with Gasteiger partial charge in [-0.25, -0.2) is 0 Å². The van der Waals surface area contributed by atoms with Crippen LogP contribution in [-0.4, -0.2) is 17.9 Å². The van der Waals surface area contributed by atoms with Gasteiger partial charge in [-0.05, 0) is 31.6 Å². The molecule has 4 heteroatoms. The predicted molar refractivity (Wildman–Crippen MR) is 81.7 cm³/mol. The molecule has 1 aliphatic carbocycles. The maximum absolute atomic E-state index is 12.7. The molecule has 1 aliphatic heterocycles. The van der Waals surface area contributed by atoms with Gasteiger partial charge in [0.2, 0.25) is 0 Å². The Morgan fingerprint density at radius 2 is 2.10 bits per heavy atom. The molecule has 5 atom stereocenters. The molecular formula is C17H25NO3. The summed E-state index contributed by atoms with van der Waals surface area (Å²) in [5.41, 5.74) is 0.745. The zero-order valence-electron chi connectivity index (χ0n) is 13.6. The summed E-state index contributed by atoms with van der Waals surface area (Å²) in [7, 11) is 1.52. The van der Waals surface area contributed by atoms with Crippen LogP contribution in [0, 0.1) is 17.3 Å². The molecule has 2 aliphatic rings. The first-order valence-electron chi connectivity index (χ1n) is 7.85. The maximum Gasteiger partial charge on any atom is 0.290 e. The Kier molecular flexibility index (Phi) is 3.30. The first kappa shape index (κ1) is 14.5. The van der Waals surface area contributed by atoms with Gasteiger partial charge in [-0.1, -0.05) is 20.8 Å². The Morgan fingerprint density at radius 1 is 1.38 bits per heavy atom. The van der Waals surface area contributed by atoms with Crippen molar-refractivity contribution in [3.05, 3.63) is 28.2 Å². The molecule has 4 nitrogen and oxygen atoms in total. The van der Waals surface area contributed by atoms with E-state index in [1.165, 1.54) is 11.8 Å². The monoisotopic (exact) mass is 291 g/mol. The molecule has 116 valence electrons. The molecule has 0 aromatic carbocycles. The number of ether oxygens (including phenoxy) is 1. The van der Waals surface area contributed by atoms with E-state index in [0.717, 1.165) is 24.2 Å². The van der Waals surface area contributed by atoms with E-state index in [0.29, 0.717) is 11.8 Å². The second-order valence-corrected chi connectivity index (χ2v) is 7.17. The van der Waals surface area contributed by atoms with Crippen LogP contribution in [0.4, 0.5) is 0 Å². The van der Waals surface area contributed by atoms with Crippen molar-refractivity contribution in [1.82, 2.24) is 4.73 Å². The van der Waals surface area contributed by atoms with Gasteiger partial charge in [-0.2, -0.15) is 4.73 Å². The fraction of sp³-hybridized carbons (Fsp3) is 0.706. The number of fused-ring (bicyclic) bond motifs is 3. The van der Waals surface area contributed by atoms with Gasteiger partial charge >= 0.3 is 0 Å². The largest absolute Gasteiger partial charge is 0.490 e. The van der Waals surface area contributed by atoms with Gasteiger partial charge in [-0.15, -0.1) is 0 Å². The van der Waals surface area contributed by atoms with Crippen molar-refractivity contribution in [2.24, 2.45) is 17.3 Å². The lowest BCUT2D eigenvalue weighted by atomic mass is 9.55. The highest BCUT2D eigenvalue weighted by Crippen LogP contribution is 2.57. The summed E-state index contributed by atoms with van der Waals surface area (Å²) < 4.78 is 7.42. The Morgan fingerprint density at radius 3 is 2.76 bits per heavy atom. The van der Waals surface area contributed by atoms with E-state index >= 15 is 0 Å². The van der Waals surface area contributed by atoms with Crippen LogP contribution in [0.2, 0.25) is 0 Å². The van der Waals surface area contributed by atoms with E-state index in [9.17, 15) is 4.79 Å². The average Bonchev–Trinajstić information content (AvgIpc) is 2.40. The zero-order chi connectivity index (χ0) is 15.4. The first-order chi connectivity index (χ1) is 9.88. The summed E-state index contributed by atoms with van der Waals surface area (Å²) in [6.45, 7) is 8.99. The molecule has 0 bridgehead atoms. The molecular weight excluding hydrogens is 266 g/mol. The fourth-order valence-corrected chi connectivity index (χ4v) is 4.79. The van der Waals surface area contributed by atoms with Crippen LogP contribution in [0.1, 0.15) is 52.0 Å². The van der Waals surface area contributed by atoms with Crippen molar-refractivity contribution in [2.75, 3.05) is 7.11 Å². The lowest BCUT2D eigenvalue weighted by molar-refractivity contribution is -0.0369. The van der Waals surface area contributed by atoms with Gasteiger partial charge < -0.3 is 9.57 Å². The molecule has 1 aromatic heterocycles. The van der Waals surface area contributed by atoms with E-state index in [2.05, 4.69) is 27.7 Å². The van der Waals surface area contributed by atoms with Crippen molar-refractivity contribution < 1.29 is 9.57 Å². The summed E-state index contributed by atoms with van der Waals surface area (Å²) in [5.74, 6) is 2.12. The van der Waals surface area contributed by atoms with Crippen LogP contribution >= 0.6 is 0 Å². The molecule has 0 saturated heterocycles. The van der Waals surface area contributed by atoms with Crippen molar-refractivity contribution in [3.8, 4) is 5.75 Å². The smallest absolute Gasteiger partial charge is 0.290 e. The molecule has 0 unspecified atom stereocenters. The molecule has 1 fully saturated rings. The number of pyridine rings is 1. The minimum atomic E-state index is -0.0699. The third-order valence-corrected chi connectivity index (χ3v) is 5.64. The van der Waals surface area contributed by atoms with Crippen LogP contribution < -0.4 is 15.1 Å². The number of rotatable bonds is 1. The SMILES string of the molecule is COn1ccc2c(c1=O)[C@H]1[C@@H](C)C[C@@H](C)C[C@@]1(C)[C@H](C)O2. The van der Waals surface area contributed by atoms with E-state index in [1.807, 2.05) is 6.07 Å². The molecule has 0 N–H and O–H groups in total. The molecule has 0 radical (unpaired) electrons. The van der Waals surface area contributed by atoms with Crippen molar-refractivity contribution in [3.63, 3.8) is 0 Å². The summed E-state index contributed by atoms with van der Waals surface area (Å²) >= 11 is 0. The van der Waals surface area contributed by atoms with Gasteiger partial charge in [0.25, 0.3) is 5.56 Å². The lowest BCUT2D eigenvalue weighted by Crippen LogP contribution is -2.52. The third-order valence-electron chi connectivity index (χ3n) is 5.64. The quantitative estimate of drug-likeness (QED) is 0.799. The zero-order valence-corrected chi connectivity index (χ0v) is 13.6. The van der Waals surface area contributed by atoms with Crippen LogP contribution in [0.3, 0.4) is 0 Å². The predicted octanol–water partition coefficient (Wildman–Crippen LogP) is 2.84. The van der Waals surface area contributed by atoms with Crippen LogP contribution in [0.25, 0.3) is 0 Å². The first-order valence-corrected chi connectivity index (χ1v) is 7.85. The Bertz CT molecular complexity index is 609. The molecule has 0 spiro atoms. The van der Waals surface area contributed by atoms with Crippen molar-refractivity contribution in [2.45, 2.75) is 52.6 Å². The molecule has 1 saturated carbocycles. The lowest BCUT2D eigenvalue weighted by Gasteiger charge is -2.53. The maximum atomic E-state index is 12.7. The molecule has 1 aromatic rings. The van der Waals surface area contributed by atoms with Crippen LogP contribution in [-0.2, 0) is 0 Å². The van der Waals surface area contributed by atoms with E-state index in [1.54, 1.807) is 6.20 Å². The molecule has 21 heavy (non-hydrogen) atoms. The van der Waals surface area contributed by atoms with Crippen molar-refractivity contribution in [1.29, 1.82) is 0 Å². The second kappa shape index (κ2) is 4.79. The van der Waals surface area contributed by atoms with Gasteiger partial charge in [-0.3, -0.25) is 4.79 Å². The average molecular weight is 291 g/mol. The molecule has 0 amide bonds. The molecule has 2 heterocycles. The topological polar surface area (TPSA) is 40.5 Å².